The molecule has 3 atom stereocenters. The van der Waals surface area contributed by atoms with Crippen LogP contribution in [-0.4, -0.2) is 73.4 Å². The van der Waals surface area contributed by atoms with E-state index in [1.165, 1.54) is 116 Å². The molecule has 0 aromatic heterocycles. The molecule has 9 heteroatoms. The second-order valence-corrected chi connectivity index (χ2v) is 18.9. The van der Waals surface area contributed by atoms with Gasteiger partial charge >= 0.3 is 7.82 Å². The lowest BCUT2D eigenvalue weighted by Gasteiger charge is -2.25. The maximum absolute atomic E-state index is 12.8. The summed E-state index contributed by atoms with van der Waals surface area (Å²) in [5, 5.41) is 13.8. The van der Waals surface area contributed by atoms with E-state index in [9.17, 15) is 19.4 Å². The molecule has 0 heterocycles. The van der Waals surface area contributed by atoms with Crippen molar-refractivity contribution in [2.75, 3.05) is 40.9 Å². The minimum Gasteiger partial charge on any atom is -0.387 e. The van der Waals surface area contributed by atoms with Crippen LogP contribution in [0, 0.1) is 0 Å². The van der Waals surface area contributed by atoms with Crippen LogP contribution in [0.25, 0.3) is 0 Å². The average Bonchev–Trinajstić information content (AvgIpc) is 3.19. The number of unbranched alkanes of at least 4 members (excludes halogenated alkanes) is 22. The van der Waals surface area contributed by atoms with Crippen molar-refractivity contribution in [2.24, 2.45) is 0 Å². The SMILES string of the molecule is CC/C=C\C/C=C\C/C=C\CCCCCC(=O)NC(COP(=O)(O)OCC[N+](C)(C)C)C(O)/C=C/CC/C=C/CCCCCCCCCCCCCCCCCCCC. The summed E-state index contributed by atoms with van der Waals surface area (Å²) in [4.78, 5) is 23.1. The van der Waals surface area contributed by atoms with Crippen molar-refractivity contribution in [2.45, 2.75) is 212 Å². The van der Waals surface area contributed by atoms with Gasteiger partial charge in [0, 0.05) is 6.42 Å². The Hall–Kier alpha value is -1.80. The summed E-state index contributed by atoms with van der Waals surface area (Å²) in [6.07, 6.45) is 54.6. The number of nitrogens with zero attached hydrogens (tertiary/aromatic N) is 1. The zero-order valence-corrected chi connectivity index (χ0v) is 39.9. The Morgan fingerprint density at radius 2 is 1.03 bits per heavy atom. The number of carbonyl (C=O) groups is 1. The van der Waals surface area contributed by atoms with Crippen molar-refractivity contribution >= 4 is 13.7 Å². The highest BCUT2D eigenvalue weighted by Gasteiger charge is 2.27. The van der Waals surface area contributed by atoms with E-state index in [-0.39, 0.29) is 19.1 Å². The number of nitrogens with one attached hydrogen (secondary N) is 1. The van der Waals surface area contributed by atoms with Gasteiger partial charge in [-0.2, -0.15) is 0 Å². The number of quaternary nitrogens is 1. The van der Waals surface area contributed by atoms with Gasteiger partial charge in [-0.15, -0.1) is 0 Å². The lowest BCUT2D eigenvalue weighted by atomic mass is 10.0. The van der Waals surface area contributed by atoms with Gasteiger partial charge in [0.15, 0.2) is 0 Å². The Balaban J connectivity index is 4.37. The molecule has 0 aromatic rings. The van der Waals surface area contributed by atoms with Gasteiger partial charge in [0.25, 0.3) is 0 Å². The third kappa shape index (κ3) is 44.1. The minimum atomic E-state index is -4.36. The highest BCUT2D eigenvalue weighted by Crippen LogP contribution is 2.43. The van der Waals surface area contributed by atoms with Crippen LogP contribution in [0.1, 0.15) is 200 Å². The molecule has 0 aliphatic heterocycles. The van der Waals surface area contributed by atoms with E-state index in [2.05, 4.69) is 67.8 Å². The Bertz CT molecular complexity index is 1140. The van der Waals surface area contributed by atoms with Crippen molar-refractivity contribution in [3.05, 3.63) is 60.8 Å². The number of aliphatic hydroxyl groups excluding tert-OH is 1. The molecule has 0 saturated carbocycles. The smallest absolute Gasteiger partial charge is 0.387 e. The van der Waals surface area contributed by atoms with Crippen LogP contribution in [0.15, 0.2) is 60.8 Å². The van der Waals surface area contributed by atoms with Gasteiger partial charge in [-0.05, 0) is 64.2 Å². The maximum Gasteiger partial charge on any atom is 0.472 e. The highest BCUT2D eigenvalue weighted by atomic mass is 31.2. The first kappa shape index (κ1) is 57.2. The normalized spacial score (nSPS) is 14.8. The first-order valence-electron chi connectivity index (χ1n) is 24.2. The van der Waals surface area contributed by atoms with Crippen LogP contribution in [0.2, 0.25) is 0 Å². The quantitative estimate of drug-likeness (QED) is 0.0244. The lowest BCUT2D eigenvalue weighted by Crippen LogP contribution is -2.45. The fourth-order valence-electron chi connectivity index (χ4n) is 6.66. The molecule has 0 bridgehead atoms. The van der Waals surface area contributed by atoms with Crippen molar-refractivity contribution < 1.29 is 32.9 Å². The third-order valence-corrected chi connectivity index (χ3v) is 11.5. The molecule has 0 aromatic carbocycles. The molecular weight excluding hydrogens is 756 g/mol. The Kier molecular flexibility index (Phi) is 40.3. The molecule has 344 valence electrons. The number of aliphatic hydroxyl groups is 1. The fraction of sp³-hybridized carbons (Fsp3) is 0.780. The largest absolute Gasteiger partial charge is 0.472 e. The molecular formula is C50H94N2O6P+. The van der Waals surface area contributed by atoms with Crippen LogP contribution < -0.4 is 5.32 Å². The van der Waals surface area contributed by atoms with Crippen LogP contribution in [0.3, 0.4) is 0 Å². The van der Waals surface area contributed by atoms with Crippen LogP contribution >= 0.6 is 7.82 Å². The number of allylic oxidation sites excluding steroid dienone is 9. The number of amides is 1. The van der Waals surface area contributed by atoms with E-state index in [4.69, 9.17) is 9.05 Å². The van der Waals surface area contributed by atoms with Gasteiger partial charge in [-0.25, -0.2) is 4.57 Å². The summed E-state index contributed by atoms with van der Waals surface area (Å²) in [6, 6.07) is -0.880. The number of hydrogen-bond acceptors (Lipinski definition) is 5. The molecule has 0 spiro atoms. The number of phosphoric acid groups is 1. The monoisotopic (exact) mass is 850 g/mol. The molecule has 0 fully saturated rings. The van der Waals surface area contributed by atoms with E-state index < -0.39 is 20.0 Å². The molecule has 3 unspecified atom stereocenters. The Morgan fingerprint density at radius 1 is 0.593 bits per heavy atom. The molecule has 0 radical (unpaired) electrons. The molecule has 0 aliphatic rings. The number of carbonyl (C=O) groups excluding carboxylic acids is 1. The molecule has 59 heavy (non-hydrogen) atoms. The van der Waals surface area contributed by atoms with Crippen LogP contribution in [0.4, 0.5) is 0 Å². The standard InChI is InChI=1S/C50H93N2O6P/c1-6-8-10-12-14-16-18-20-21-22-23-24-25-26-27-28-29-30-32-33-35-37-39-41-43-49(53)48(47-58-59(55,56)57-46-45-52(3,4)5)51-50(54)44-42-40-38-36-34-31-19-17-15-13-11-9-7-2/h9,11,15,17,31,33-35,41,43,48-49,53H,6-8,10,12-14,16,18-30,32,36-40,42,44-47H2,1-5H3,(H-,51,54,55,56)/p+1/b11-9-,17-15-,34-31-,35-33+,43-41+. The summed E-state index contributed by atoms with van der Waals surface area (Å²) in [7, 11) is 1.53. The van der Waals surface area contributed by atoms with Crippen molar-refractivity contribution in [3.8, 4) is 0 Å². The Labute approximate surface area is 364 Å². The summed E-state index contributed by atoms with van der Waals surface area (Å²) in [5.41, 5.74) is 0. The second kappa shape index (κ2) is 41.5. The molecule has 0 rings (SSSR count). The van der Waals surface area contributed by atoms with Gasteiger partial charge in [0.1, 0.15) is 13.2 Å². The number of phosphoric ester groups is 1. The van der Waals surface area contributed by atoms with E-state index in [0.717, 1.165) is 64.2 Å². The predicted molar refractivity (Wildman–Crippen MR) is 254 cm³/mol. The summed E-state index contributed by atoms with van der Waals surface area (Å²) >= 11 is 0. The molecule has 1 amide bonds. The zero-order chi connectivity index (χ0) is 43.6. The van der Waals surface area contributed by atoms with Gasteiger partial charge in [-0.3, -0.25) is 13.8 Å². The summed E-state index contributed by atoms with van der Waals surface area (Å²) in [6.45, 7) is 4.65. The van der Waals surface area contributed by atoms with Gasteiger partial charge < -0.3 is 19.8 Å². The highest BCUT2D eigenvalue weighted by molar-refractivity contribution is 7.47. The number of rotatable bonds is 43. The van der Waals surface area contributed by atoms with E-state index >= 15 is 0 Å². The van der Waals surface area contributed by atoms with Crippen LogP contribution in [0.5, 0.6) is 0 Å². The van der Waals surface area contributed by atoms with Gasteiger partial charge in [-0.1, -0.05) is 190 Å². The summed E-state index contributed by atoms with van der Waals surface area (Å²) < 4.78 is 23.5. The minimum absolute atomic E-state index is 0.0480. The molecule has 8 nitrogen and oxygen atoms in total. The number of hydrogen-bond donors (Lipinski definition) is 3. The van der Waals surface area contributed by atoms with Crippen molar-refractivity contribution in [3.63, 3.8) is 0 Å². The van der Waals surface area contributed by atoms with Gasteiger partial charge in [0.2, 0.25) is 5.91 Å². The first-order chi connectivity index (χ1) is 28.5. The van der Waals surface area contributed by atoms with Gasteiger partial charge in [0.05, 0.1) is 39.9 Å². The lowest BCUT2D eigenvalue weighted by molar-refractivity contribution is -0.870. The fourth-order valence-corrected chi connectivity index (χ4v) is 7.40. The van der Waals surface area contributed by atoms with Crippen LogP contribution in [-0.2, 0) is 18.4 Å². The number of likely N-dealkylation sites (N-methyl/N-ethyl adjacent to an activating group) is 1. The third-order valence-electron chi connectivity index (χ3n) is 10.5. The maximum atomic E-state index is 12.8. The van der Waals surface area contributed by atoms with Crippen molar-refractivity contribution in [1.82, 2.24) is 5.32 Å². The second-order valence-electron chi connectivity index (χ2n) is 17.4. The average molecular weight is 850 g/mol. The first-order valence-corrected chi connectivity index (χ1v) is 25.7. The van der Waals surface area contributed by atoms with E-state index in [1.807, 2.05) is 27.2 Å². The topological polar surface area (TPSA) is 105 Å². The van der Waals surface area contributed by atoms with Crippen molar-refractivity contribution in [1.29, 1.82) is 0 Å². The molecule has 0 aliphatic carbocycles. The molecule has 0 saturated heterocycles. The molecule has 3 N–H and O–H groups in total. The predicted octanol–water partition coefficient (Wildman–Crippen LogP) is 13.8. The van der Waals surface area contributed by atoms with E-state index in [0.29, 0.717) is 17.4 Å². The summed E-state index contributed by atoms with van der Waals surface area (Å²) in [5.74, 6) is -0.218. The Morgan fingerprint density at radius 3 is 1.56 bits per heavy atom. The van der Waals surface area contributed by atoms with E-state index in [1.54, 1.807) is 6.08 Å². The zero-order valence-electron chi connectivity index (χ0n) is 39.0.